The van der Waals surface area contributed by atoms with Gasteiger partial charge in [0.2, 0.25) is 0 Å². The van der Waals surface area contributed by atoms with E-state index >= 15 is 0 Å². The van der Waals surface area contributed by atoms with Crippen LogP contribution in [0.15, 0.2) is 66.7 Å². The first-order valence-corrected chi connectivity index (χ1v) is 10.3. The van der Waals surface area contributed by atoms with Gasteiger partial charge in [-0.25, -0.2) is 0 Å². The average molecular weight is 402 g/mol. The van der Waals surface area contributed by atoms with Gasteiger partial charge in [-0.1, -0.05) is 30.3 Å². The number of carbonyl (C=O) groups is 1. The van der Waals surface area contributed by atoms with E-state index < -0.39 is 0 Å². The molecule has 0 atom stereocenters. The van der Waals surface area contributed by atoms with E-state index in [2.05, 4.69) is 32.5 Å². The molecular weight excluding hydrogens is 376 g/mol. The summed E-state index contributed by atoms with van der Waals surface area (Å²) in [5.74, 6) is 2.14. The number of piperidine rings is 1. The van der Waals surface area contributed by atoms with Crippen LogP contribution in [0.25, 0.3) is 0 Å². The zero-order valence-electron chi connectivity index (χ0n) is 17.1. The van der Waals surface area contributed by atoms with Crippen molar-refractivity contribution in [3.05, 3.63) is 78.0 Å². The van der Waals surface area contributed by atoms with E-state index in [1.807, 2.05) is 48.5 Å². The Kier molecular flexibility index (Phi) is 6.23. The van der Waals surface area contributed by atoms with E-state index in [9.17, 15) is 4.79 Å². The fourth-order valence-electron chi connectivity index (χ4n) is 3.83. The van der Waals surface area contributed by atoms with Crippen LogP contribution in [-0.4, -0.2) is 36.3 Å². The van der Waals surface area contributed by atoms with Crippen molar-refractivity contribution in [2.45, 2.75) is 19.3 Å². The molecule has 2 aromatic carbocycles. The molecule has 0 unspecified atom stereocenters. The van der Waals surface area contributed by atoms with E-state index in [1.54, 1.807) is 13.2 Å². The maximum Gasteiger partial charge on any atom is 0.276 e. The molecule has 154 valence electrons. The van der Waals surface area contributed by atoms with Crippen LogP contribution in [0.5, 0.6) is 5.75 Å². The average Bonchev–Trinajstić information content (AvgIpc) is 2.80. The van der Waals surface area contributed by atoms with Gasteiger partial charge in [-0.15, -0.1) is 10.2 Å². The number of amides is 1. The summed E-state index contributed by atoms with van der Waals surface area (Å²) in [6.07, 6.45) is 3.28. The number of nitrogens with one attached hydrogen (secondary N) is 1. The molecule has 1 aromatic heterocycles. The summed E-state index contributed by atoms with van der Waals surface area (Å²) in [5, 5.41) is 11.3. The van der Waals surface area contributed by atoms with E-state index in [-0.39, 0.29) is 5.91 Å². The predicted molar refractivity (Wildman–Crippen MR) is 118 cm³/mol. The van der Waals surface area contributed by atoms with E-state index in [1.165, 1.54) is 5.56 Å². The topological polar surface area (TPSA) is 67.3 Å². The van der Waals surface area contributed by atoms with Gasteiger partial charge in [0.1, 0.15) is 5.75 Å². The fraction of sp³-hybridized carbons (Fsp3) is 0.292. The Bertz CT molecular complexity index is 968. The van der Waals surface area contributed by atoms with Gasteiger partial charge >= 0.3 is 0 Å². The molecule has 3 aromatic rings. The van der Waals surface area contributed by atoms with Crippen LogP contribution in [0, 0.1) is 5.92 Å². The molecule has 1 saturated heterocycles. The quantitative estimate of drug-likeness (QED) is 0.669. The third-order valence-corrected chi connectivity index (χ3v) is 5.51. The number of nitrogens with zero attached hydrogens (tertiary/aromatic N) is 3. The lowest BCUT2D eigenvalue weighted by atomic mass is 9.90. The van der Waals surface area contributed by atoms with Crippen molar-refractivity contribution in [2.24, 2.45) is 5.92 Å². The second-order valence-electron chi connectivity index (χ2n) is 7.58. The largest absolute Gasteiger partial charge is 0.497 e. The van der Waals surface area contributed by atoms with Crippen LogP contribution in [0.2, 0.25) is 0 Å². The third-order valence-electron chi connectivity index (χ3n) is 5.51. The summed E-state index contributed by atoms with van der Waals surface area (Å²) in [4.78, 5) is 14.6. The summed E-state index contributed by atoms with van der Waals surface area (Å²) in [7, 11) is 1.70. The molecule has 1 fully saturated rings. The normalized spacial score (nSPS) is 14.4. The number of para-hydroxylation sites is 1. The number of hydrogen-bond acceptors (Lipinski definition) is 5. The molecule has 1 N–H and O–H groups in total. The maximum absolute atomic E-state index is 12.3. The summed E-state index contributed by atoms with van der Waals surface area (Å²) in [6.45, 7) is 1.89. The van der Waals surface area contributed by atoms with E-state index in [0.29, 0.717) is 11.6 Å². The van der Waals surface area contributed by atoms with Crippen molar-refractivity contribution < 1.29 is 9.53 Å². The molecule has 1 amide bonds. The molecule has 2 heterocycles. The molecule has 0 saturated carbocycles. The highest BCUT2D eigenvalue weighted by atomic mass is 16.5. The van der Waals surface area contributed by atoms with E-state index in [0.717, 1.165) is 49.6 Å². The smallest absolute Gasteiger partial charge is 0.276 e. The Balaban J connectivity index is 1.31. The minimum absolute atomic E-state index is 0.253. The van der Waals surface area contributed by atoms with Gasteiger partial charge in [0, 0.05) is 18.8 Å². The maximum atomic E-state index is 12.3. The van der Waals surface area contributed by atoms with Gasteiger partial charge in [-0.3, -0.25) is 4.79 Å². The highest BCUT2D eigenvalue weighted by molar-refractivity contribution is 6.02. The minimum atomic E-state index is -0.253. The van der Waals surface area contributed by atoms with Gasteiger partial charge in [0.05, 0.1) is 7.11 Å². The number of carbonyl (C=O) groups excluding carboxylic acids is 1. The van der Waals surface area contributed by atoms with Crippen molar-refractivity contribution in [3.63, 3.8) is 0 Å². The van der Waals surface area contributed by atoms with Crippen molar-refractivity contribution in [3.8, 4) is 5.75 Å². The first-order valence-electron chi connectivity index (χ1n) is 10.3. The van der Waals surface area contributed by atoms with Gasteiger partial charge in [-0.2, -0.15) is 0 Å². The monoisotopic (exact) mass is 402 g/mol. The van der Waals surface area contributed by atoms with Crippen LogP contribution < -0.4 is 15.0 Å². The molecule has 6 nitrogen and oxygen atoms in total. The van der Waals surface area contributed by atoms with Crippen molar-refractivity contribution >= 4 is 17.4 Å². The summed E-state index contributed by atoms with van der Waals surface area (Å²) in [5.41, 5.74) is 2.38. The zero-order chi connectivity index (χ0) is 20.8. The molecule has 4 rings (SSSR count). The lowest BCUT2D eigenvalue weighted by Gasteiger charge is -2.32. The van der Waals surface area contributed by atoms with Gasteiger partial charge < -0.3 is 15.0 Å². The second kappa shape index (κ2) is 9.39. The molecule has 30 heavy (non-hydrogen) atoms. The molecule has 6 heteroatoms. The number of rotatable bonds is 6. The van der Waals surface area contributed by atoms with Crippen LogP contribution in [0.3, 0.4) is 0 Å². The molecule has 1 aliphatic rings. The van der Waals surface area contributed by atoms with Crippen LogP contribution >= 0.6 is 0 Å². The first-order chi connectivity index (χ1) is 14.7. The number of benzene rings is 2. The Morgan fingerprint density at radius 2 is 1.83 bits per heavy atom. The lowest BCUT2D eigenvalue weighted by Crippen LogP contribution is -2.35. The van der Waals surface area contributed by atoms with Crippen LogP contribution in [-0.2, 0) is 6.42 Å². The van der Waals surface area contributed by atoms with Crippen molar-refractivity contribution in [1.82, 2.24) is 10.2 Å². The number of anilines is 2. The summed E-state index contributed by atoms with van der Waals surface area (Å²) in [6, 6.07) is 21.3. The highest BCUT2D eigenvalue weighted by Crippen LogP contribution is 2.25. The zero-order valence-corrected chi connectivity index (χ0v) is 17.1. The SMILES string of the molecule is COc1cccc(CC2CCN(c3ccc(C(=O)Nc4ccccc4)nn3)CC2)c1. The standard InChI is InChI=1S/C24H26N4O2/c1-30-21-9-5-6-19(17-21)16-18-12-14-28(15-13-18)23-11-10-22(26-27-23)24(29)25-20-7-3-2-4-8-20/h2-11,17-18H,12-16H2,1H3,(H,25,29). The minimum Gasteiger partial charge on any atom is -0.497 e. The van der Waals surface area contributed by atoms with Gasteiger partial charge in [-0.05, 0) is 67.1 Å². The number of hydrogen-bond donors (Lipinski definition) is 1. The lowest BCUT2D eigenvalue weighted by molar-refractivity contribution is 0.102. The predicted octanol–water partition coefficient (Wildman–Crippen LogP) is 4.20. The van der Waals surface area contributed by atoms with Gasteiger partial charge in [0.25, 0.3) is 5.91 Å². The number of aromatic nitrogens is 2. The van der Waals surface area contributed by atoms with Crippen LogP contribution in [0.4, 0.5) is 11.5 Å². The highest BCUT2D eigenvalue weighted by Gasteiger charge is 2.21. The molecule has 1 aliphatic heterocycles. The number of ether oxygens (including phenoxy) is 1. The Labute approximate surface area is 176 Å². The van der Waals surface area contributed by atoms with Crippen molar-refractivity contribution in [2.75, 3.05) is 30.4 Å². The van der Waals surface area contributed by atoms with Crippen molar-refractivity contribution in [1.29, 1.82) is 0 Å². The molecular formula is C24H26N4O2. The Hall–Kier alpha value is -3.41. The Morgan fingerprint density at radius 1 is 1.03 bits per heavy atom. The van der Waals surface area contributed by atoms with Gasteiger partial charge in [0.15, 0.2) is 11.5 Å². The summed E-state index contributed by atoms with van der Waals surface area (Å²) < 4.78 is 5.33. The summed E-state index contributed by atoms with van der Waals surface area (Å²) >= 11 is 0. The Morgan fingerprint density at radius 3 is 2.53 bits per heavy atom. The third kappa shape index (κ3) is 4.95. The molecule has 0 bridgehead atoms. The number of methoxy groups -OCH3 is 1. The molecule has 0 radical (unpaired) electrons. The van der Waals surface area contributed by atoms with E-state index in [4.69, 9.17) is 4.74 Å². The fourth-order valence-corrected chi connectivity index (χ4v) is 3.83. The second-order valence-corrected chi connectivity index (χ2v) is 7.58. The molecule has 0 aliphatic carbocycles. The molecule has 0 spiro atoms. The first kappa shape index (κ1) is 19.9. The van der Waals surface area contributed by atoms with Crippen LogP contribution in [0.1, 0.15) is 28.9 Å².